The summed E-state index contributed by atoms with van der Waals surface area (Å²) in [7, 11) is 0. The van der Waals surface area contributed by atoms with Gasteiger partial charge in [0.2, 0.25) is 0 Å². The molecule has 5 heteroatoms. The molecule has 0 bridgehead atoms. The topological polar surface area (TPSA) is 29.1 Å². The molecule has 0 unspecified atom stereocenters. The van der Waals surface area contributed by atoms with E-state index in [0.29, 0.717) is 17.1 Å². The lowest BCUT2D eigenvalue weighted by atomic mass is 10.2. The van der Waals surface area contributed by atoms with Crippen LogP contribution in [0.2, 0.25) is 10.0 Å². The van der Waals surface area contributed by atoms with E-state index in [0.717, 1.165) is 4.88 Å². The van der Waals surface area contributed by atoms with Crippen molar-refractivity contribution in [3.8, 4) is 0 Å². The zero-order chi connectivity index (χ0) is 12.3. The van der Waals surface area contributed by atoms with Crippen LogP contribution in [0.5, 0.6) is 0 Å². The minimum absolute atomic E-state index is 0.217. The molecule has 88 valence electrons. The number of benzene rings is 1. The van der Waals surface area contributed by atoms with Gasteiger partial charge in [-0.25, -0.2) is 0 Å². The van der Waals surface area contributed by atoms with Crippen LogP contribution in [0.3, 0.4) is 0 Å². The zero-order valence-corrected chi connectivity index (χ0v) is 11.1. The first-order chi connectivity index (χ1) is 8.18. The molecule has 0 spiro atoms. The molecule has 0 saturated heterocycles. The first-order valence-electron chi connectivity index (χ1n) is 4.93. The number of thiophene rings is 1. The van der Waals surface area contributed by atoms with Crippen molar-refractivity contribution in [1.29, 1.82) is 0 Å². The molecule has 2 rings (SSSR count). The van der Waals surface area contributed by atoms with Crippen molar-refractivity contribution in [1.82, 2.24) is 5.32 Å². The van der Waals surface area contributed by atoms with Crippen molar-refractivity contribution in [2.24, 2.45) is 0 Å². The largest absolute Gasteiger partial charge is 0.347 e. The third-order valence-electron chi connectivity index (χ3n) is 2.20. The van der Waals surface area contributed by atoms with E-state index in [9.17, 15) is 4.79 Å². The number of hydrogen-bond acceptors (Lipinski definition) is 2. The molecule has 1 amide bonds. The van der Waals surface area contributed by atoms with Gasteiger partial charge in [0.1, 0.15) is 0 Å². The Balaban J connectivity index is 2.07. The van der Waals surface area contributed by atoms with Crippen molar-refractivity contribution in [3.63, 3.8) is 0 Å². The van der Waals surface area contributed by atoms with Crippen LogP contribution in [0.1, 0.15) is 15.2 Å². The second-order valence-electron chi connectivity index (χ2n) is 3.36. The Kier molecular flexibility index (Phi) is 4.05. The van der Waals surface area contributed by atoms with Crippen molar-refractivity contribution in [2.45, 2.75) is 6.54 Å². The SMILES string of the molecule is O=C(NCc1cccs1)c1cccc(Cl)c1Cl. The first-order valence-corrected chi connectivity index (χ1v) is 6.56. The zero-order valence-electron chi connectivity index (χ0n) is 8.74. The summed E-state index contributed by atoms with van der Waals surface area (Å²) in [6, 6.07) is 8.91. The fraction of sp³-hybridized carbons (Fsp3) is 0.0833. The predicted molar refractivity (Wildman–Crippen MR) is 72.0 cm³/mol. The van der Waals surface area contributed by atoms with Gasteiger partial charge in [-0.15, -0.1) is 11.3 Å². The summed E-state index contributed by atoms with van der Waals surface area (Å²) in [6.45, 7) is 0.499. The van der Waals surface area contributed by atoms with Gasteiger partial charge in [-0.3, -0.25) is 4.79 Å². The molecular formula is C12H9Cl2NOS. The quantitative estimate of drug-likeness (QED) is 0.908. The van der Waals surface area contributed by atoms with Gasteiger partial charge >= 0.3 is 0 Å². The summed E-state index contributed by atoms with van der Waals surface area (Å²) in [5.74, 6) is -0.217. The standard InChI is InChI=1S/C12H9Cl2NOS/c13-10-5-1-4-9(11(10)14)12(16)15-7-8-3-2-6-17-8/h1-6H,7H2,(H,15,16). The van der Waals surface area contributed by atoms with Crippen LogP contribution < -0.4 is 5.32 Å². The van der Waals surface area contributed by atoms with E-state index in [1.807, 2.05) is 17.5 Å². The maximum atomic E-state index is 11.9. The number of carbonyl (C=O) groups is 1. The Morgan fingerprint density at radius 2 is 2.06 bits per heavy atom. The smallest absolute Gasteiger partial charge is 0.253 e. The van der Waals surface area contributed by atoms with E-state index in [1.54, 1.807) is 29.5 Å². The molecule has 1 aromatic heterocycles. The summed E-state index contributed by atoms with van der Waals surface area (Å²) in [4.78, 5) is 13.0. The minimum Gasteiger partial charge on any atom is -0.347 e. The van der Waals surface area contributed by atoms with Crippen molar-refractivity contribution < 1.29 is 4.79 Å². The van der Waals surface area contributed by atoms with Crippen molar-refractivity contribution >= 4 is 40.4 Å². The number of carbonyl (C=O) groups excluding carboxylic acids is 1. The Morgan fingerprint density at radius 3 is 2.76 bits per heavy atom. The van der Waals surface area contributed by atoms with Crippen molar-refractivity contribution in [3.05, 3.63) is 56.2 Å². The normalized spacial score (nSPS) is 10.2. The highest BCUT2D eigenvalue weighted by molar-refractivity contribution is 7.09. The molecule has 1 N–H and O–H groups in total. The molecule has 0 aliphatic rings. The molecular weight excluding hydrogens is 277 g/mol. The van der Waals surface area contributed by atoms with Crippen LogP contribution in [0.15, 0.2) is 35.7 Å². The number of hydrogen-bond donors (Lipinski definition) is 1. The third kappa shape index (κ3) is 3.00. The van der Waals surface area contributed by atoms with Gasteiger partial charge in [-0.05, 0) is 23.6 Å². The number of halogens is 2. The summed E-state index contributed by atoms with van der Waals surface area (Å²) in [5.41, 5.74) is 0.399. The molecule has 0 saturated carbocycles. The van der Waals surface area contributed by atoms with Gasteiger partial charge < -0.3 is 5.32 Å². The van der Waals surface area contributed by atoms with E-state index in [4.69, 9.17) is 23.2 Å². The van der Waals surface area contributed by atoms with Gasteiger partial charge in [0, 0.05) is 4.88 Å². The summed E-state index contributed by atoms with van der Waals surface area (Å²) >= 11 is 13.4. The average Bonchev–Trinajstić information content (AvgIpc) is 2.82. The van der Waals surface area contributed by atoms with Crippen LogP contribution in [-0.2, 0) is 6.54 Å². The average molecular weight is 286 g/mol. The van der Waals surface area contributed by atoms with Gasteiger partial charge in [0.15, 0.2) is 0 Å². The van der Waals surface area contributed by atoms with E-state index in [2.05, 4.69) is 5.32 Å². The molecule has 2 aromatic rings. The summed E-state index contributed by atoms with van der Waals surface area (Å²) in [5, 5.41) is 5.44. The van der Waals surface area contributed by atoms with E-state index in [1.165, 1.54) is 0 Å². The highest BCUT2D eigenvalue weighted by atomic mass is 35.5. The van der Waals surface area contributed by atoms with Gasteiger partial charge in [-0.2, -0.15) is 0 Å². The van der Waals surface area contributed by atoms with Crippen LogP contribution in [-0.4, -0.2) is 5.91 Å². The molecule has 2 nitrogen and oxygen atoms in total. The lowest BCUT2D eigenvalue weighted by Crippen LogP contribution is -2.22. The summed E-state index contributed by atoms with van der Waals surface area (Å²) < 4.78 is 0. The monoisotopic (exact) mass is 285 g/mol. The van der Waals surface area contributed by atoms with Crippen LogP contribution >= 0.6 is 34.5 Å². The maximum Gasteiger partial charge on any atom is 0.253 e. The Labute approximate surface area is 113 Å². The fourth-order valence-corrected chi connectivity index (χ4v) is 2.39. The molecule has 1 aromatic carbocycles. The van der Waals surface area contributed by atoms with Crippen molar-refractivity contribution in [2.75, 3.05) is 0 Å². The molecule has 0 aliphatic carbocycles. The molecule has 0 fully saturated rings. The van der Waals surface area contributed by atoms with Gasteiger partial charge in [0.25, 0.3) is 5.91 Å². The second kappa shape index (κ2) is 5.54. The third-order valence-corrected chi connectivity index (χ3v) is 3.89. The lowest BCUT2D eigenvalue weighted by molar-refractivity contribution is 0.0951. The number of amides is 1. The Morgan fingerprint density at radius 1 is 1.24 bits per heavy atom. The predicted octanol–water partition coefficient (Wildman–Crippen LogP) is 3.98. The van der Waals surface area contributed by atoms with E-state index < -0.39 is 0 Å². The Bertz CT molecular complexity index is 525. The molecule has 1 heterocycles. The molecule has 0 aliphatic heterocycles. The number of rotatable bonds is 3. The highest BCUT2D eigenvalue weighted by Crippen LogP contribution is 2.25. The highest BCUT2D eigenvalue weighted by Gasteiger charge is 2.12. The van der Waals surface area contributed by atoms with Crippen LogP contribution in [0, 0.1) is 0 Å². The van der Waals surface area contributed by atoms with Crippen LogP contribution in [0.25, 0.3) is 0 Å². The Hall–Kier alpha value is -1.03. The lowest BCUT2D eigenvalue weighted by Gasteiger charge is -2.06. The van der Waals surface area contributed by atoms with Crippen LogP contribution in [0.4, 0.5) is 0 Å². The first kappa shape index (κ1) is 12.4. The molecule has 0 atom stereocenters. The minimum atomic E-state index is -0.217. The number of nitrogens with one attached hydrogen (secondary N) is 1. The molecule has 0 radical (unpaired) electrons. The summed E-state index contributed by atoms with van der Waals surface area (Å²) in [6.07, 6.45) is 0. The van der Waals surface area contributed by atoms with E-state index >= 15 is 0 Å². The van der Waals surface area contributed by atoms with Gasteiger partial charge in [0.05, 0.1) is 22.2 Å². The fourth-order valence-electron chi connectivity index (χ4n) is 1.35. The maximum absolute atomic E-state index is 11.9. The second-order valence-corrected chi connectivity index (χ2v) is 5.18. The van der Waals surface area contributed by atoms with Gasteiger partial charge in [-0.1, -0.05) is 35.3 Å². The van der Waals surface area contributed by atoms with E-state index in [-0.39, 0.29) is 10.9 Å². The molecule has 17 heavy (non-hydrogen) atoms.